The molecule has 0 unspecified atom stereocenters. The van der Waals surface area contributed by atoms with Gasteiger partial charge in [-0.2, -0.15) is 0 Å². The summed E-state index contributed by atoms with van der Waals surface area (Å²) in [6.07, 6.45) is 2.79. The molecule has 0 aliphatic carbocycles. The summed E-state index contributed by atoms with van der Waals surface area (Å²) in [5.41, 5.74) is 0.569. The number of hydrogen-bond acceptors (Lipinski definition) is 5. The number of methoxy groups -OCH3 is 1. The van der Waals surface area contributed by atoms with Crippen LogP contribution < -0.4 is 15.4 Å². The van der Waals surface area contributed by atoms with Crippen LogP contribution in [-0.2, 0) is 0 Å². The van der Waals surface area contributed by atoms with Crippen LogP contribution in [0.15, 0.2) is 30.6 Å². The van der Waals surface area contributed by atoms with Crippen molar-refractivity contribution in [2.24, 2.45) is 0 Å². The smallest absolute Gasteiger partial charge is 0.275 e. The minimum absolute atomic E-state index is 0.0550. The number of benzene rings is 1. The Kier molecular flexibility index (Phi) is 4.09. The van der Waals surface area contributed by atoms with E-state index < -0.39 is 11.7 Å². The van der Waals surface area contributed by atoms with Gasteiger partial charge in [-0.15, -0.1) is 0 Å². The summed E-state index contributed by atoms with van der Waals surface area (Å²) < 4.78 is 18.1. The average Bonchev–Trinajstić information content (AvgIpc) is 2.49. The van der Waals surface area contributed by atoms with Crippen LogP contribution in [0.25, 0.3) is 0 Å². The minimum Gasteiger partial charge on any atom is -0.494 e. The highest BCUT2D eigenvalue weighted by atomic mass is 19.1. The van der Waals surface area contributed by atoms with E-state index in [4.69, 9.17) is 4.74 Å². The number of ether oxygens (including phenoxy) is 1. The maximum Gasteiger partial charge on any atom is 0.275 e. The highest BCUT2D eigenvalue weighted by molar-refractivity contribution is 6.02. The number of carbonyl (C=O) groups is 1. The van der Waals surface area contributed by atoms with Crippen molar-refractivity contribution < 1.29 is 13.9 Å². The van der Waals surface area contributed by atoms with Crippen LogP contribution in [0.3, 0.4) is 0 Å². The first kappa shape index (κ1) is 13.7. The molecule has 2 rings (SSSR count). The lowest BCUT2D eigenvalue weighted by molar-refractivity contribution is 0.102. The summed E-state index contributed by atoms with van der Waals surface area (Å²) in [4.78, 5) is 19.9. The molecule has 0 spiro atoms. The molecule has 0 aliphatic rings. The van der Waals surface area contributed by atoms with Gasteiger partial charge in [0.05, 0.1) is 19.5 Å². The number of nitrogens with zero attached hydrogens (tertiary/aromatic N) is 2. The molecule has 0 fully saturated rings. The van der Waals surface area contributed by atoms with E-state index in [1.54, 1.807) is 7.05 Å². The van der Waals surface area contributed by atoms with E-state index in [1.807, 2.05) is 0 Å². The van der Waals surface area contributed by atoms with Crippen molar-refractivity contribution in [1.82, 2.24) is 9.97 Å². The van der Waals surface area contributed by atoms with E-state index in [0.717, 1.165) is 0 Å². The van der Waals surface area contributed by atoms with Gasteiger partial charge in [-0.05, 0) is 12.1 Å². The Hall–Kier alpha value is -2.70. The maximum atomic E-state index is 13.2. The molecule has 104 valence electrons. The van der Waals surface area contributed by atoms with E-state index in [-0.39, 0.29) is 11.4 Å². The highest BCUT2D eigenvalue weighted by Crippen LogP contribution is 2.21. The topological polar surface area (TPSA) is 76.1 Å². The Bertz CT molecular complexity index is 616. The quantitative estimate of drug-likeness (QED) is 0.892. The fourth-order valence-corrected chi connectivity index (χ4v) is 1.51. The van der Waals surface area contributed by atoms with E-state index in [9.17, 15) is 9.18 Å². The third-order valence-electron chi connectivity index (χ3n) is 2.55. The van der Waals surface area contributed by atoms with Crippen molar-refractivity contribution in [3.8, 4) is 5.75 Å². The van der Waals surface area contributed by atoms with Crippen LogP contribution in [0.4, 0.5) is 15.9 Å². The normalized spacial score (nSPS) is 9.95. The van der Waals surface area contributed by atoms with Gasteiger partial charge in [0.1, 0.15) is 11.5 Å². The second kappa shape index (κ2) is 5.96. The molecule has 6 nitrogen and oxygen atoms in total. The van der Waals surface area contributed by atoms with Crippen LogP contribution >= 0.6 is 0 Å². The van der Waals surface area contributed by atoms with E-state index >= 15 is 0 Å². The van der Waals surface area contributed by atoms with Crippen molar-refractivity contribution in [3.63, 3.8) is 0 Å². The van der Waals surface area contributed by atoms with Gasteiger partial charge in [-0.25, -0.2) is 14.4 Å². The molecular formula is C13H13FN4O2. The Morgan fingerprint density at radius 3 is 2.70 bits per heavy atom. The first-order valence-corrected chi connectivity index (χ1v) is 5.78. The molecule has 0 radical (unpaired) electrons. The number of carbonyl (C=O) groups excluding carboxylic acids is 1. The van der Waals surface area contributed by atoms with Crippen LogP contribution in [-0.4, -0.2) is 30.0 Å². The standard InChI is InChI=1S/C13H13FN4O2/c1-15-12-7-16-10(6-17-12)13(19)18-8-3-4-9(14)11(5-8)20-2/h3-7H,1-2H3,(H,15,17)(H,18,19). The zero-order valence-corrected chi connectivity index (χ0v) is 11.0. The monoisotopic (exact) mass is 276 g/mol. The van der Waals surface area contributed by atoms with Crippen LogP contribution in [0, 0.1) is 5.82 Å². The maximum absolute atomic E-state index is 13.2. The molecule has 1 aromatic carbocycles. The average molecular weight is 276 g/mol. The van der Waals surface area contributed by atoms with Gasteiger partial charge >= 0.3 is 0 Å². The molecule has 0 saturated carbocycles. The summed E-state index contributed by atoms with van der Waals surface area (Å²) in [7, 11) is 3.06. The van der Waals surface area contributed by atoms with E-state index in [0.29, 0.717) is 11.5 Å². The van der Waals surface area contributed by atoms with Crippen molar-refractivity contribution in [2.75, 3.05) is 24.8 Å². The Morgan fingerprint density at radius 2 is 2.10 bits per heavy atom. The van der Waals surface area contributed by atoms with Gasteiger partial charge in [0.2, 0.25) is 0 Å². The Morgan fingerprint density at radius 1 is 1.30 bits per heavy atom. The largest absolute Gasteiger partial charge is 0.494 e. The van der Waals surface area contributed by atoms with E-state index in [1.165, 1.54) is 37.7 Å². The summed E-state index contributed by atoms with van der Waals surface area (Å²) in [5, 5.41) is 5.39. The molecule has 0 saturated heterocycles. The molecule has 20 heavy (non-hydrogen) atoms. The van der Waals surface area contributed by atoms with Crippen molar-refractivity contribution in [2.45, 2.75) is 0 Å². The lowest BCUT2D eigenvalue weighted by Crippen LogP contribution is -2.14. The molecule has 2 N–H and O–H groups in total. The number of aromatic nitrogens is 2. The number of hydrogen-bond donors (Lipinski definition) is 2. The van der Waals surface area contributed by atoms with Gasteiger partial charge in [0.15, 0.2) is 11.6 Å². The van der Waals surface area contributed by atoms with Crippen LogP contribution in [0.1, 0.15) is 10.5 Å². The lowest BCUT2D eigenvalue weighted by atomic mass is 10.2. The molecular weight excluding hydrogens is 263 g/mol. The zero-order chi connectivity index (χ0) is 14.5. The first-order chi connectivity index (χ1) is 9.63. The molecule has 0 atom stereocenters. The van der Waals surface area contributed by atoms with Crippen LogP contribution in [0.2, 0.25) is 0 Å². The number of anilines is 2. The predicted molar refractivity (Wildman–Crippen MR) is 72.5 cm³/mol. The summed E-state index contributed by atoms with van der Waals surface area (Å²) >= 11 is 0. The second-order valence-corrected chi connectivity index (χ2v) is 3.84. The molecule has 7 heteroatoms. The third-order valence-corrected chi connectivity index (χ3v) is 2.55. The molecule has 1 aromatic heterocycles. The number of nitrogens with one attached hydrogen (secondary N) is 2. The second-order valence-electron chi connectivity index (χ2n) is 3.84. The van der Waals surface area contributed by atoms with Gasteiger partial charge in [0, 0.05) is 18.8 Å². The first-order valence-electron chi connectivity index (χ1n) is 5.78. The molecule has 1 amide bonds. The number of amides is 1. The molecule has 1 heterocycles. The van der Waals surface area contributed by atoms with Gasteiger partial charge < -0.3 is 15.4 Å². The molecule has 0 aliphatic heterocycles. The predicted octanol–water partition coefficient (Wildman–Crippen LogP) is 1.92. The molecule has 0 bridgehead atoms. The third kappa shape index (κ3) is 3.00. The fourth-order valence-electron chi connectivity index (χ4n) is 1.51. The Labute approximate surface area is 115 Å². The summed E-state index contributed by atoms with van der Waals surface area (Å²) in [6.45, 7) is 0. The van der Waals surface area contributed by atoms with Gasteiger partial charge in [-0.1, -0.05) is 0 Å². The lowest BCUT2D eigenvalue weighted by Gasteiger charge is -2.07. The summed E-state index contributed by atoms with van der Waals surface area (Å²) in [6, 6.07) is 4.04. The number of rotatable bonds is 4. The minimum atomic E-state index is -0.497. The van der Waals surface area contributed by atoms with Gasteiger partial charge in [-0.3, -0.25) is 4.79 Å². The number of halogens is 1. The molecule has 2 aromatic rings. The summed E-state index contributed by atoms with van der Waals surface area (Å²) in [5.74, 6) is -0.318. The van der Waals surface area contributed by atoms with Gasteiger partial charge in [0.25, 0.3) is 5.91 Å². The zero-order valence-electron chi connectivity index (χ0n) is 11.0. The van der Waals surface area contributed by atoms with Crippen molar-refractivity contribution >= 4 is 17.4 Å². The SMILES string of the molecule is CNc1cnc(C(=O)Nc2ccc(F)c(OC)c2)cn1. The highest BCUT2D eigenvalue weighted by Gasteiger charge is 2.10. The van der Waals surface area contributed by atoms with Crippen molar-refractivity contribution in [1.29, 1.82) is 0 Å². The Balaban J connectivity index is 2.14. The van der Waals surface area contributed by atoms with Crippen LogP contribution in [0.5, 0.6) is 5.75 Å². The van der Waals surface area contributed by atoms with Crippen molar-refractivity contribution in [3.05, 3.63) is 42.1 Å². The fraction of sp³-hybridized carbons (Fsp3) is 0.154. The van der Waals surface area contributed by atoms with E-state index in [2.05, 4.69) is 20.6 Å².